The van der Waals surface area contributed by atoms with Gasteiger partial charge in [0.05, 0.1) is 11.5 Å². The van der Waals surface area contributed by atoms with Gasteiger partial charge in [0.1, 0.15) is 0 Å². The van der Waals surface area contributed by atoms with Gasteiger partial charge in [-0.1, -0.05) is 6.42 Å². The van der Waals surface area contributed by atoms with Gasteiger partial charge >= 0.3 is 0 Å². The molecule has 0 saturated heterocycles. The van der Waals surface area contributed by atoms with Gasteiger partial charge in [-0.05, 0) is 39.5 Å². The second kappa shape index (κ2) is 4.94. The van der Waals surface area contributed by atoms with E-state index in [4.69, 9.17) is 10.5 Å². The molecule has 0 spiro atoms. The van der Waals surface area contributed by atoms with Crippen molar-refractivity contribution in [3.8, 4) is 0 Å². The summed E-state index contributed by atoms with van der Waals surface area (Å²) in [6, 6.07) is 0.314. The minimum Gasteiger partial charge on any atom is -0.378 e. The summed E-state index contributed by atoms with van der Waals surface area (Å²) in [7, 11) is 0. The van der Waals surface area contributed by atoms with Crippen LogP contribution >= 0.6 is 0 Å². The van der Waals surface area contributed by atoms with Gasteiger partial charge in [-0.15, -0.1) is 0 Å². The zero-order valence-electron chi connectivity index (χ0n) is 10.9. The summed E-state index contributed by atoms with van der Waals surface area (Å²) in [5, 5.41) is 3.12. The van der Waals surface area contributed by atoms with Crippen molar-refractivity contribution < 1.29 is 9.53 Å². The molecule has 4 nitrogen and oxygen atoms in total. The molecule has 2 rings (SSSR count). The fourth-order valence-corrected chi connectivity index (χ4v) is 2.88. The second-order valence-corrected chi connectivity index (χ2v) is 5.64. The number of nitrogens with one attached hydrogen (secondary N) is 1. The lowest BCUT2D eigenvalue weighted by Crippen LogP contribution is -2.54. The molecule has 0 aromatic carbocycles. The molecule has 2 unspecified atom stereocenters. The molecule has 2 atom stereocenters. The van der Waals surface area contributed by atoms with Crippen LogP contribution in [0, 0.1) is 5.41 Å². The van der Waals surface area contributed by atoms with E-state index in [0.29, 0.717) is 12.1 Å². The first-order valence-electron chi connectivity index (χ1n) is 6.74. The maximum absolute atomic E-state index is 12.2. The molecule has 98 valence electrons. The molecule has 0 aromatic heterocycles. The zero-order chi connectivity index (χ0) is 12.5. The highest BCUT2D eigenvalue weighted by Crippen LogP contribution is 2.37. The maximum atomic E-state index is 12.2. The number of hydrogen-bond acceptors (Lipinski definition) is 3. The molecule has 0 bridgehead atoms. The van der Waals surface area contributed by atoms with Crippen LogP contribution < -0.4 is 11.1 Å². The van der Waals surface area contributed by atoms with Gasteiger partial charge in [-0.25, -0.2) is 0 Å². The monoisotopic (exact) mass is 240 g/mol. The lowest BCUT2D eigenvalue weighted by atomic mass is 9.82. The largest absolute Gasteiger partial charge is 0.378 e. The molecule has 0 heterocycles. The quantitative estimate of drug-likeness (QED) is 0.775. The molecule has 2 aliphatic carbocycles. The number of ether oxygens (including phenoxy) is 1. The lowest BCUT2D eigenvalue weighted by Gasteiger charge is -2.38. The fourth-order valence-electron chi connectivity index (χ4n) is 2.88. The zero-order valence-corrected chi connectivity index (χ0v) is 10.9. The normalized spacial score (nSPS) is 41.0. The summed E-state index contributed by atoms with van der Waals surface area (Å²) >= 11 is 0. The average Bonchev–Trinajstić information content (AvgIpc) is 2.57. The van der Waals surface area contributed by atoms with E-state index in [0.717, 1.165) is 38.7 Å². The Hall–Kier alpha value is -0.610. The maximum Gasteiger partial charge on any atom is 0.227 e. The van der Waals surface area contributed by atoms with E-state index in [1.165, 1.54) is 0 Å². The van der Waals surface area contributed by atoms with Gasteiger partial charge in [-0.2, -0.15) is 0 Å². The minimum absolute atomic E-state index is 0.0188. The molecule has 3 N–H and O–H groups in total. The van der Waals surface area contributed by atoms with Crippen LogP contribution in [0.25, 0.3) is 0 Å². The predicted octanol–water partition coefficient (Wildman–Crippen LogP) is 1.19. The summed E-state index contributed by atoms with van der Waals surface area (Å²) in [6.07, 6.45) is 5.19. The van der Waals surface area contributed by atoms with Crippen molar-refractivity contribution in [2.45, 2.75) is 64.1 Å². The number of carbonyl (C=O) groups is 1. The van der Waals surface area contributed by atoms with Crippen LogP contribution in [0.1, 0.15) is 46.0 Å². The Morgan fingerprint density at radius 1 is 1.53 bits per heavy atom. The van der Waals surface area contributed by atoms with Gasteiger partial charge < -0.3 is 15.8 Å². The smallest absolute Gasteiger partial charge is 0.227 e. The number of amides is 1. The van der Waals surface area contributed by atoms with Crippen molar-refractivity contribution in [2.75, 3.05) is 6.61 Å². The third-order valence-electron chi connectivity index (χ3n) is 4.38. The third-order valence-corrected chi connectivity index (χ3v) is 4.38. The highest BCUT2D eigenvalue weighted by molar-refractivity contribution is 5.83. The molecule has 0 aromatic rings. The molecule has 2 fully saturated rings. The van der Waals surface area contributed by atoms with E-state index < -0.39 is 0 Å². The Labute approximate surface area is 103 Å². The summed E-state index contributed by atoms with van der Waals surface area (Å²) < 4.78 is 5.49. The average molecular weight is 240 g/mol. The van der Waals surface area contributed by atoms with Gasteiger partial charge in [0.15, 0.2) is 0 Å². The molecular weight excluding hydrogens is 216 g/mol. The van der Waals surface area contributed by atoms with Crippen molar-refractivity contribution in [3.05, 3.63) is 0 Å². The van der Waals surface area contributed by atoms with E-state index in [1.54, 1.807) is 0 Å². The number of hydrogen-bond donors (Lipinski definition) is 2. The van der Waals surface area contributed by atoms with Gasteiger partial charge in [0, 0.05) is 18.7 Å². The van der Waals surface area contributed by atoms with Crippen molar-refractivity contribution in [1.82, 2.24) is 5.32 Å². The lowest BCUT2D eigenvalue weighted by molar-refractivity contribution is -0.133. The van der Waals surface area contributed by atoms with Crippen LogP contribution in [0.5, 0.6) is 0 Å². The van der Waals surface area contributed by atoms with E-state index in [9.17, 15) is 4.79 Å². The number of rotatable bonds is 4. The van der Waals surface area contributed by atoms with Crippen LogP contribution in [0.3, 0.4) is 0 Å². The Kier molecular flexibility index (Phi) is 3.73. The summed E-state index contributed by atoms with van der Waals surface area (Å²) in [5.74, 6) is 0.141. The molecule has 0 radical (unpaired) electrons. The first-order valence-corrected chi connectivity index (χ1v) is 6.74. The Bertz CT molecular complexity index is 289. The molecular formula is C13H24N2O2. The van der Waals surface area contributed by atoms with Crippen molar-refractivity contribution in [1.29, 1.82) is 0 Å². The fraction of sp³-hybridized carbons (Fsp3) is 0.923. The molecule has 2 saturated carbocycles. The highest BCUT2D eigenvalue weighted by Gasteiger charge is 2.44. The molecule has 2 aliphatic rings. The Morgan fingerprint density at radius 3 is 2.76 bits per heavy atom. The number of nitrogens with two attached hydrogens (primary N) is 1. The van der Waals surface area contributed by atoms with Crippen LogP contribution in [0.15, 0.2) is 0 Å². The number of carbonyl (C=O) groups excluding carboxylic acids is 1. The highest BCUT2D eigenvalue weighted by atomic mass is 16.5. The van der Waals surface area contributed by atoms with E-state index in [1.807, 2.05) is 13.8 Å². The van der Waals surface area contributed by atoms with Crippen LogP contribution in [0.4, 0.5) is 0 Å². The molecule has 4 heteroatoms. The van der Waals surface area contributed by atoms with E-state index >= 15 is 0 Å². The van der Waals surface area contributed by atoms with E-state index in [2.05, 4.69) is 5.32 Å². The van der Waals surface area contributed by atoms with Crippen LogP contribution in [0.2, 0.25) is 0 Å². The van der Waals surface area contributed by atoms with Crippen LogP contribution in [-0.2, 0) is 9.53 Å². The molecule has 17 heavy (non-hydrogen) atoms. The third kappa shape index (κ3) is 2.47. The van der Waals surface area contributed by atoms with Gasteiger partial charge in [0.2, 0.25) is 5.91 Å². The van der Waals surface area contributed by atoms with E-state index in [-0.39, 0.29) is 17.4 Å². The van der Waals surface area contributed by atoms with Gasteiger partial charge in [-0.3, -0.25) is 4.79 Å². The minimum atomic E-state index is -0.350. The summed E-state index contributed by atoms with van der Waals surface area (Å²) in [4.78, 5) is 12.2. The first-order chi connectivity index (χ1) is 8.06. The molecule has 1 amide bonds. The Morgan fingerprint density at radius 2 is 2.24 bits per heavy atom. The topological polar surface area (TPSA) is 64.3 Å². The van der Waals surface area contributed by atoms with Crippen molar-refractivity contribution in [3.63, 3.8) is 0 Å². The first kappa shape index (κ1) is 12.8. The standard InChI is InChI=1S/C13H24N2O2/c1-3-17-10-7-9(8-10)15-12(16)13(2)6-4-5-11(13)14/h9-11H,3-8,14H2,1-2H3,(H,15,16). The van der Waals surface area contributed by atoms with Gasteiger partial charge in [0.25, 0.3) is 0 Å². The second-order valence-electron chi connectivity index (χ2n) is 5.64. The Balaban J connectivity index is 1.79. The van der Waals surface area contributed by atoms with Crippen molar-refractivity contribution >= 4 is 5.91 Å². The van der Waals surface area contributed by atoms with Crippen LogP contribution in [-0.4, -0.2) is 30.7 Å². The summed E-state index contributed by atoms with van der Waals surface area (Å²) in [5.41, 5.74) is 5.69. The molecule has 0 aliphatic heterocycles. The summed E-state index contributed by atoms with van der Waals surface area (Å²) in [6.45, 7) is 4.76. The SMILES string of the molecule is CCOC1CC(NC(=O)C2(C)CCCC2N)C1. The predicted molar refractivity (Wildman–Crippen MR) is 66.5 cm³/mol. The van der Waals surface area contributed by atoms with Crippen molar-refractivity contribution in [2.24, 2.45) is 11.1 Å².